The largest absolute Gasteiger partial charge is 0.469 e. The van der Waals surface area contributed by atoms with E-state index >= 15 is 0 Å². The quantitative estimate of drug-likeness (QED) is 0.565. The Balaban J connectivity index is 3.65. The fraction of sp³-hybridized carbons (Fsp3) is 0.769. The van der Waals surface area contributed by atoms with Crippen LogP contribution < -0.4 is 5.32 Å². The highest BCUT2D eigenvalue weighted by Gasteiger charge is 2.16. The summed E-state index contributed by atoms with van der Waals surface area (Å²) in [6.45, 7) is 5.21. The summed E-state index contributed by atoms with van der Waals surface area (Å²) in [6.07, 6.45) is 1.24. The van der Waals surface area contributed by atoms with E-state index in [0.29, 0.717) is 25.7 Å². The van der Waals surface area contributed by atoms with Crippen molar-refractivity contribution in [2.45, 2.75) is 52.1 Å². The molecule has 0 rings (SSSR count). The summed E-state index contributed by atoms with van der Waals surface area (Å²) in [4.78, 5) is 33.5. The molecular weight excluding hydrogens is 250 g/mol. The molecule has 1 amide bonds. The van der Waals surface area contributed by atoms with Gasteiger partial charge in [-0.05, 0) is 33.6 Å². The highest BCUT2D eigenvalue weighted by atomic mass is 16.6. The first-order valence-electron chi connectivity index (χ1n) is 6.30. The third kappa shape index (κ3) is 11.2. The standard InChI is InChI=1S/C13H23NO5/c1-13(2,3)19-12(17)14-9-10(15)7-5-6-8-11(16)18-4/h5-9H2,1-4H3,(H,14,17). The second-order valence-corrected chi connectivity index (χ2v) is 5.18. The zero-order valence-corrected chi connectivity index (χ0v) is 12.1. The van der Waals surface area contributed by atoms with E-state index in [9.17, 15) is 14.4 Å². The van der Waals surface area contributed by atoms with Gasteiger partial charge in [0.25, 0.3) is 0 Å². The van der Waals surface area contributed by atoms with Crippen molar-refractivity contribution in [1.29, 1.82) is 0 Å². The fourth-order valence-electron chi connectivity index (χ4n) is 1.27. The number of alkyl carbamates (subject to hydrolysis) is 1. The van der Waals surface area contributed by atoms with E-state index in [-0.39, 0.29) is 18.3 Å². The number of unbranched alkanes of at least 4 members (excludes halogenated alkanes) is 1. The average Bonchev–Trinajstić information content (AvgIpc) is 2.29. The molecule has 0 atom stereocenters. The van der Waals surface area contributed by atoms with Gasteiger partial charge >= 0.3 is 12.1 Å². The average molecular weight is 273 g/mol. The van der Waals surface area contributed by atoms with Crippen LogP contribution in [0.15, 0.2) is 0 Å². The molecule has 0 aromatic carbocycles. The number of ketones is 1. The van der Waals surface area contributed by atoms with Gasteiger partial charge in [0, 0.05) is 12.8 Å². The minimum absolute atomic E-state index is 0.0485. The topological polar surface area (TPSA) is 81.7 Å². The SMILES string of the molecule is COC(=O)CCCCC(=O)CNC(=O)OC(C)(C)C. The molecule has 0 heterocycles. The molecule has 0 aliphatic carbocycles. The van der Waals surface area contributed by atoms with Gasteiger partial charge in [0.2, 0.25) is 0 Å². The summed E-state index contributed by atoms with van der Waals surface area (Å²) >= 11 is 0. The number of nitrogens with one attached hydrogen (secondary N) is 1. The van der Waals surface area contributed by atoms with E-state index < -0.39 is 11.7 Å². The van der Waals surface area contributed by atoms with Crippen LogP contribution in [0.25, 0.3) is 0 Å². The maximum atomic E-state index is 11.4. The minimum atomic E-state index is -0.601. The van der Waals surface area contributed by atoms with Crippen molar-refractivity contribution in [3.05, 3.63) is 0 Å². The number of amides is 1. The van der Waals surface area contributed by atoms with Crippen molar-refractivity contribution in [1.82, 2.24) is 5.32 Å². The minimum Gasteiger partial charge on any atom is -0.469 e. The Hall–Kier alpha value is -1.59. The Morgan fingerprint density at radius 1 is 1.05 bits per heavy atom. The van der Waals surface area contributed by atoms with E-state index in [1.807, 2.05) is 0 Å². The Morgan fingerprint density at radius 2 is 1.63 bits per heavy atom. The van der Waals surface area contributed by atoms with Gasteiger partial charge in [-0.25, -0.2) is 4.79 Å². The predicted octanol–water partition coefficient (Wildman–Crippen LogP) is 1.81. The molecule has 0 radical (unpaired) electrons. The maximum absolute atomic E-state index is 11.4. The molecule has 6 nitrogen and oxygen atoms in total. The first kappa shape index (κ1) is 17.4. The summed E-state index contributed by atoms with van der Waals surface area (Å²) in [5.41, 5.74) is -0.576. The summed E-state index contributed by atoms with van der Waals surface area (Å²) in [5, 5.41) is 2.40. The smallest absolute Gasteiger partial charge is 0.408 e. The number of hydrogen-bond acceptors (Lipinski definition) is 5. The Kier molecular flexibility index (Phi) is 7.79. The molecule has 0 bridgehead atoms. The van der Waals surface area contributed by atoms with Gasteiger partial charge in [-0.1, -0.05) is 0 Å². The molecule has 0 unspecified atom stereocenters. The van der Waals surface area contributed by atoms with Crippen molar-refractivity contribution in [3.63, 3.8) is 0 Å². The van der Waals surface area contributed by atoms with E-state index in [1.54, 1.807) is 20.8 Å². The molecule has 1 N–H and O–H groups in total. The van der Waals surface area contributed by atoms with Crippen molar-refractivity contribution >= 4 is 17.8 Å². The van der Waals surface area contributed by atoms with Crippen molar-refractivity contribution in [2.75, 3.05) is 13.7 Å². The van der Waals surface area contributed by atoms with Crippen LogP contribution in [-0.2, 0) is 19.1 Å². The van der Waals surface area contributed by atoms with Gasteiger partial charge in [0.15, 0.2) is 5.78 Å². The molecule has 0 saturated carbocycles. The number of hydrogen-bond donors (Lipinski definition) is 1. The van der Waals surface area contributed by atoms with Crippen molar-refractivity contribution < 1.29 is 23.9 Å². The van der Waals surface area contributed by atoms with Crippen LogP contribution in [0.3, 0.4) is 0 Å². The van der Waals surface area contributed by atoms with Crippen LogP contribution >= 0.6 is 0 Å². The van der Waals surface area contributed by atoms with Crippen LogP contribution in [0, 0.1) is 0 Å². The van der Waals surface area contributed by atoms with Crippen LogP contribution in [0.5, 0.6) is 0 Å². The number of carbonyl (C=O) groups is 3. The van der Waals surface area contributed by atoms with Gasteiger partial charge in [-0.15, -0.1) is 0 Å². The second kappa shape index (κ2) is 8.50. The highest BCUT2D eigenvalue weighted by molar-refractivity contribution is 5.84. The molecular formula is C13H23NO5. The maximum Gasteiger partial charge on any atom is 0.408 e. The summed E-state index contributed by atoms with van der Waals surface area (Å²) in [5.74, 6) is -0.366. The fourth-order valence-corrected chi connectivity index (χ4v) is 1.27. The van der Waals surface area contributed by atoms with E-state index in [0.717, 1.165) is 0 Å². The van der Waals surface area contributed by atoms with Crippen molar-refractivity contribution in [3.8, 4) is 0 Å². The predicted molar refractivity (Wildman–Crippen MR) is 69.7 cm³/mol. The lowest BCUT2D eigenvalue weighted by molar-refractivity contribution is -0.140. The monoisotopic (exact) mass is 273 g/mol. The molecule has 0 spiro atoms. The van der Waals surface area contributed by atoms with E-state index in [1.165, 1.54) is 7.11 Å². The second-order valence-electron chi connectivity index (χ2n) is 5.18. The molecule has 0 saturated heterocycles. The number of esters is 1. The van der Waals surface area contributed by atoms with Gasteiger partial charge < -0.3 is 14.8 Å². The Bertz CT molecular complexity index is 319. The molecule has 6 heteroatoms. The molecule has 0 aromatic heterocycles. The number of Topliss-reactive ketones (excluding diaryl/α,β-unsaturated/α-hetero) is 1. The van der Waals surface area contributed by atoms with Gasteiger partial charge in [-0.2, -0.15) is 0 Å². The third-order valence-corrected chi connectivity index (χ3v) is 2.14. The number of methoxy groups -OCH3 is 1. The summed E-state index contributed by atoms with van der Waals surface area (Å²) < 4.78 is 9.48. The zero-order chi connectivity index (χ0) is 14.9. The summed E-state index contributed by atoms with van der Waals surface area (Å²) in [6, 6.07) is 0. The Morgan fingerprint density at radius 3 is 2.16 bits per heavy atom. The van der Waals surface area contributed by atoms with Gasteiger partial charge in [-0.3, -0.25) is 9.59 Å². The lowest BCUT2D eigenvalue weighted by atomic mass is 10.1. The van der Waals surface area contributed by atoms with Gasteiger partial charge in [0.1, 0.15) is 5.60 Å². The number of rotatable bonds is 7. The van der Waals surface area contributed by atoms with Gasteiger partial charge in [0.05, 0.1) is 13.7 Å². The Labute approximate surface area is 113 Å². The highest BCUT2D eigenvalue weighted by Crippen LogP contribution is 2.06. The molecule has 0 aliphatic rings. The van der Waals surface area contributed by atoms with Crippen LogP contribution in [0.2, 0.25) is 0 Å². The van der Waals surface area contributed by atoms with Crippen molar-refractivity contribution in [2.24, 2.45) is 0 Å². The lowest BCUT2D eigenvalue weighted by Crippen LogP contribution is -2.35. The first-order chi connectivity index (χ1) is 8.74. The first-order valence-corrected chi connectivity index (χ1v) is 6.30. The third-order valence-electron chi connectivity index (χ3n) is 2.14. The molecule has 0 aliphatic heterocycles. The molecule has 110 valence electrons. The normalized spacial score (nSPS) is 10.7. The number of carbonyl (C=O) groups excluding carboxylic acids is 3. The zero-order valence-electron chi connectivity index (χ0n) is 12.1. The van der Waals surface area contributed by atoms with Crippen LogP contribution in [-0.4, -0.2) is 37.1 Å². The van der Waals surface area contributed by atoms with E-state index in [2.05, 4.69) is 10.1 Å². The lowest BCUT2D eigenvalue weighted by Gasteiger charge is -2.19. The number of ether oxygens (including phenoxy) is 2. The molecule has 19 heavy (non-hydrogen) atoms. The van der Waals surface area contributed by atoms with E-state index in [4.69, 9.17) is 4.74 Å². The van der Waals surface area contributed by atoms with Crippen LogP contribution in [0.4, 0.5) is 4.79 Å². The van der Waals surface area contributed by atoms with Crippen LogP contribution in [0.1, 0.15) is 46.5 Å². The molecule has 0 fully saturated rings. The molecule has 0 aromatic rings. The summed E-state index contributed by atoms with van der Waals surface area (Å²) in [7, 11) is 1.33.